The summed E-state index contributed by atoms with van der Waals surface area (Å²) in [6.07, 6.45) is 7.53. The number of aromatic amines is 1. The van der Waals surface area contributed by atoms with Crippen molar-refractivity contribution < 1.29 is 9.53 Å². The smallest absolute Gasteiger partial charge is 0.317 e. The molecule has 0 aliphatic carbocycles. The average molecular weight is 521 g/mol. The van der Waals surface area contributed by atoms with Gasteiger partial charge in [0, 0.05) is 54.4 Å². The maximum absolute atomic E-state index is 12.8. The lowest BCUT2D eigenvalue weighted by Gasteiger charge is -2.34. The molecule has 8 nitrogen and oxygen atoms in total. The molecule has 0 radical (unpaired) electrons. The van der Waals surface area contributed by atoms with Gasteiger partial charge in [0.15, 0.2) is 5.65 Å². The maximum Gasteiger partial charge on any atom is 0.317 e. The molecule has 2 N–H and O–H groups in total. The van der Waals surface area contributed by atoms with Crippen molar-refractivity contribution in [1.29, 1.82) is 0 Å². The van der Waals surface area contributed by atoms with E-state index in [9.17, 15) is 4.79 Å². The summed E-state index contributed by atoms with van der Waals surface area (Å²) in [5, 5.41) is 8.98. The lowest BCUT2D eigenvalue weighted by molar-refractivity contribution is 0.0775. The van der Waals surface area contributed by atoms with Crippen LogP contribution >= 0.6 is 11.3 Å². The number of urea groups is 1. The molecule has 4 aromatic heterocycles. The first kappa shape index (κ1) is 24.4. The number of thiophene rings is 1. The van der Waals surface area contributed by atoms with Crippen LogP contribution in [0, 0.1) is 13.8 Å². The van der Waals surface area contributed by atoms with Crippen molar-refractivity contribution >= 4 is 33.2 Å². The number of carbonyl (C=O) groups is 1. The molecule has 4 aromatic rings. The zero-order valence-corrected chi connectivity index (χ0v) is 23.0. The fourth-order valence-electron chi connectivity index (χ4n) is 6.13. The molecule has 2 saturated heterocycles. The van der Waals surface area contributed by atoms with Crippen LogP contribution in [-0.2, 0) is 4.74 Å². The predicted octanol–water partition coefficient (Wildman–Crippen LogP) is 5.75. The van der Waals surface area contributed by atoms with Gasteiger partial charge in [-0.1, -0.05) is 13.8 Å². The fraction of sp³-hybridized carbons (Fsp3) is 0.536. The van der Waals surface area contributed by atoms with Crippen LogP contribution in [0.3, 0.4) is 0 Å². The van der Waals surface area contributed by atoms with Gasteiger partial charge < -0.3 is 19.9 Å². The van der Waals surface area contributed by atoms with E-state index in [4.69, 9.17) is 4.74 Å². The summed E-state index contributed by atoms with van der Waals surface area (Å²) in [5.74, 6) is 0.877. The Morgan fingerprint density at radius 1 is 1.19 bits per heavy atom. The Labute approximate surface area is 221 Å². The van der Waals surface area contributed by atoms with Crippen molar-refractivity contribution in [3.63, 3.8) is 0 Å². The lowest BCUT2D eigenvalue weighted by Crippen LogP contribution is -2.48. The zero-order chi connectivity index (χ0) is 25.7. The molecule has 6 rings (SSSR count). The second-order valence-electron chi connectivity index (χ2n) is 10.9. The molecule has 2 aliphatic heterocycles. The largest absolute Gasteiger partial charge is 0.381 e. The van der Waals surface area contributed by atoms with Crippen LogP contribution in [0.5, 0.6) is 0 Å². The first-order valence-corrected chi connectivity index (χ1v) is 14.3. The monoisotopic (exact) mass is 520 g/mol. The molecule has 37 heavy (non-hydrogen) atoms. The molecule has 0 bridgehead atoms. The van der Waals surface area contributed by atoms with Crippen LogP contribution < -0.4 is 5.32 Å². The number of rotatable bonds is 4. The first-order chi connectivity index (χ1) is 17.9. The highest BCUT2D eigenvalue weighted by molar-refractivity contribution is 7.19. The average Bonchev–Trinajstić information content (AvgIpc) is 3.60. The van der Waals surface area contributed by atoms with Gasteiger partial charge in [0.2, 0.25) is 0 Å². The molecule has 196 valence electrons. The molecule has 0 aromatic carbocycles. The summed E-state index contributed by atoms with van der Waals surface area (Å²) in [6, 6.07) is 2.55. The molecule has 0 saturated carbocycles. The number of fused-ring (bicyclic) bond motifs is 2. The van der Waals surface area contributed by atoms with Crippen LogP contribution in [-0.4, -0.2) is 62.9 Å². The molecular weight excluding hydrogens is 484 g/mol. The van der Waals surface area contributed by atoms with Crippen LogP contribution in [0.25, 0.3) is 27.1 Å². The highest BCUT2D eigenvalue weighted by Gasteiger charge is 2.30. The molecule has 0 atom stereocenters. The van der Waals surface area contributed by atoms with E-state index in [-0.39, 0.29) is 12.1 Å². The van der Waals surface area contributed by atoms with E-state index in [1.165, 1.54) is 31.9 Å². The maximum atomic E-state index is 12.8. The SMILES string of the molecule is Cc1c(C2CCN(C(=O)NC3CCOCC3)CC2)sc2[nH]c(-c3cc(C)c4ncnn4c3)c(C(C)C)c12. The summed E-state index contributed by atoms with van der Waals surface area (Å²) in [5.41, 5.74) is 7.12. The number of hydrogen-bond donors (Lipinski definition) is 2. The number of aryl methyl sites for hydroxylation is 2. The van der Waals surface area contributed by atoms with Crippen molar-refractivity contribution in [3.8, 4) is 11.3 Å². The third-order valence-electron chi connectivity index (χ3n) is 8.09. The summed E-state index contributed by atoms with van der Waals surface area (Å²) in [4.78, 5) is 25.7. The highest BCUT2D eigenvalue weighted by atomic mass is 32.1. The van der Waals surface area contributed by atoms with Crippen LogP contribution in [0.15, 0.2) is 18.6 Å². The number of nitrogens with one attached hydrogen (secondary N) is 2. The standard InChI is InChI=1S/C28H36N6O2S/c1-16(2)22-23-18(4)25(19-5-9-33(10-6-19)28(35)31-21-7-11-36-12-8-21)37-27(23)32-24(22)20-13-17(3)26-29-15-30-34(26)14-20/h13-16,19,21,32H,5-12H2,1-4H3,(H,31,35). The Morgan fingerprint density at radius 3 is 2.68 bits per heavy atom. The van der Waals surface area contributed by atoms with E-state index < -0.39 is 0 Å². The number of likely N-dealkylation sites (tertiary alicyclic amines) is 1. The number of ether oxygens (including phenoxy) is 1. The summed E-state index contributed by atoms with van der Waals surface area (Å²) >= 11 is 1.90. The molecule has 2 amide bonds. The number of nitrogens with zero attached hydrogens (tertiary/aromatic N) is 4. The van der Waals surface area contributed by atoms with Gasteiger partial charge in [0.25, 0.3) is 0 Å². The third kappa shape index (κ3) is 4.42. The number of amides is 2. The van der Waals surface area contributed by atoms with Gasteiger partial charge in [-0.2, -0.15) is 5.10 Å². The first-order valence-electron chi connectivity index (χ1n) is 13.5. The molecular formula is C28H36N6O2S. The zero-order valence-electron chi connectivity index (χ0n) is 22.1. The van der Waals surface area contributed by atoms with Gasteiger partial charge in [-0.25, -0.2) is 14.3 Å². The second-order valence-corrected chi connectivity index (χ2v) is 12.0. The number of carbonyl (C=O) groups excluding carboxylic acids is 1. The minimum atomic E-state index is 0.0896. The van der Waals surface area contributed by atoms with Crippen molar-refractivity contribution in [2.45, 2.75) is 71.3 Å². The Balaban J connectivity index is 1.24. The second kappa shape index (κ2) is 9.76. The summed E-state index contributed by atoms with van der Waals surface area (Å²) in [6.45, 7) is 12.0. The normalized spacial score (nSPS) is 17.9. The lowest BCUT2D eigenvalue weighted by atomic mass is 9.90. The van der Waals surface area contributed by atoms with Crippen molar-refractivity contribution in [2.24, 2.45) is 0 Å². The van der Waals surface area contributed by atoms with Gasteiger partial charge >= 0.3 is 6.03 Å². The van der Waals surface area contributed by atoms with E-state index >= 15 is 0 Å². The number of pyridine rings is 1. The van der Waals surface area contributed by atoms with E-state index in [0.29, 0.717) is 11.8 Å². The van der Waals surface area contributed by atoms with Gasteiger partial charge in [0.1, 0.15) is 11.2 Å². The van der Waals surface area contributed by atoms with Gasteiger partial charge in [-0.3, -0.25) is 0 Å². The Hall–Kier alpha value is -2.91. The minimum absolute atomic E-state index is 0.0896. The van der Waals surface area contributed by atoms with E-state index in [0.717, 1.165) is 68.8 Å². The highest BCUT2D eigenvalue weighted by Crippen LogP contribution is 2.45. The summed E-state index contributed by atoms with van der Waals surface area (Å²) in [7, 11) is 0. The number of piperidine rings is 1. The number of H-pyrrole nitrogens is 1. The fourth-order valence-corrected chi connectivity index (χ4v) is 7.52. The van der Waals surface area contributed by atoms with Crippen molar-refractivity contribution in [2.75, 3.05) is 26.3 Å². The van der Waals surface area contributed by atoms with E-state index in [1.807, 2.05) is 20.8 Å². The van der Waals surface area contributed by atoms with E-state index in [1.54, 1.807) is 6.33 Å². The quantitative estimate of drug-likeness (QED) is 0.359. The van der Waals surface area contributed by atoms with Crippen LogP contribution in [0.4, 0.5) is 4.79 Å². The minimum Gasteiger partial charge on any atom is -0.381 e. The number of hydrogen-bond acceptors (Lipinski definition) is 5. The molecule has 0 unspecified atom stereocenters. The van der Waals surface area contributed by atoms with E-state index in [2.05, 4.69) is 60.3 Å². The third-order valence-corrected chi connectivity index (χ3v) is 9.46. The molecule has 9 heteroatoms. The Kier molecular flexibility index (Phi) is 6.44. The molecule has 0 spiro atoms. The van der Waals surface area contributed by atoms with Crippen LogP contribution in [0.2, 0.25) is 0 Å². The molecule has 2 fully saturated rings. The Bertz CT molecular complexity index is 1440. The topological polar surface area (TPSA) is 87.5 Å². The predicted molar refractivity (Wildman–Crippen MR) is 148 cm³/mol. The van der Waals surface area contributed by atoms with Gasteiger partial charge in [-0.05, 0) is 74.1 Å². The van der Waals surface area contributed by atoms with Gasteiger partial charge in [0.05, 0.1) is 5.69 Å². The molecule has 6 heterocycles. The summed E-state index contributed by atoms with van der Waals surface area (Å²) < 4.78 is 7.29. The molecule has 2 aliphatic rings. The Morgan fingerprint density at radius 2 is 1.95 bits per heavy atom. The number of aromatic nitrogens is 4. The van der Waals surface area contributed by atoms with Crippen molar-refractivity contribution in [3.05, 3.63) is 40.2 Å². The van der Waals surface area contributed by atoms with Crippen molar-refractivity contribution in [1.82, 2.24) is 29.8 Å². The van der Waals surface area contributed by atoms with Gasteiger partial charge in [-0.15, -0.1) is 11.3 Å². The van der Waals surface area contributed by atoms with Crippen LogP contribution in [0.1, 0.15) is 72.9 Å².